The average Bonchev–Trinajstić information content (AvgIpc) is 2.32. The van der Waals surface area contributed by atoms with Gasteiger partial charge in [0.1, 0.15) is 0 Å². The number of nitrogens with two attached hydrogens (primary N) is 1. The minimum absolute atomic E-state index is 0.0384. The second-order valence-corrected chi connectivity index (χ2v) is 5.23. The smallest absolute Gasteiger partial charge is 0.0728 e. The fourth-order valence-corrected chi connectivity index (χ4v) is 2.48. The number of rotatable bonds is 7. The van der Waals surface area contributed by atoms with Crippen LogP contribution in [-0.2, 0) is 11.2 Å². The lowest BCUT2D eigenvalue weighted by atomic mass is 9.99. The van der Waals surface area contributed by atoms with Gasteiger partial charge in [0.15, 0.2) is 0 Å². The van der Waals surface area contributed by atoms with Crippen molar-refractivity contribution in [2.45, 2.75) is 45.3 Å². The topological polar surface area (TPSA) is 35.2 Å². The van der Waals surface area contributed by atoms with Gasteiger partial charge in [0.05, 0.1) is 6.10 Å². The molecule has 0 aliphatic rings. The van der Waals surface area contributed by atoms with E-state index in [-0.39, 0.29) is 12.1 Å². The van der Waals surface area contributed by atoms with E-state index in [1.807, 2.05) is 19.1 Å². The molecule has 0 spiro atoms. The van der Waals surface area contributed by atoms with Gasteiger partial charge in [-0.2, -0.15) is 0 Å². The van der Waals surface area contributed by atoms with Crippen LogP contribution in [0.2, 0.25) is 10.0 Å². The van der Waals surface area contributed by atoms with Crippen LogP contribution in [-0.4, -0.2) is 18.8 Å². The van der Waals surface area contributed by atoms with E-state index in [9.17, 15) is 0 Å². The summed E-state index contributed by atoms with van der Waals surface area (Å²) in [5, 5.41) is 1.32. The van der Waals surface area contributed by atoms with Crippen molar-refractivity contribution in [3.63, 3.8) is 0 Å². The average molecular weight is 290 g/mol. The molecule has 0 aromatic heterocycles. The maximum absolute atomic E-state index is 6.21. The third-order valence-electron chi connectivity index (χ3n) is 2.90. The first-order chi connectivity index (χ1) is 8.58. The van der Waals surface area contributed by atoms with Crippen molar-refractivity contribution in [1.29, 1.82) is 0 Å². The van der Waals surface area contributed by atoms with Crippen LogP contribution in [0.5, 0.6) is 0 Å². The van der Waals surface area contributed by atoms with E-state index < -0.39 is 0 Å². The Hall–Kier alpha value is -0.280. The molecular weight excluding hydrogens is 269 g/mol. The highest BCUT2D eigenvalue weighted by molar-refractivity contribution is 6.35. The Morgan fingerprint density at radius 1 is 1.28 bits per heavy atom. The summed E-state index contributed by atoms with van der Waals surface area (Å²) in [6.45, 7) is 4.81. The van der Waals surface area contributed by atoms with Crippen molar-refractivity contribution in [2.24, 2.45) is 5.73 Å². The standard InChI is InChI=1S/C14H21Cl2NO/c1-3-5-14(18-4-2)13(17)8-10-6-7-11(15)9-12(10)16/h6-7,9,13-14H,3-5,8,17H2,1-2H3. The molecule has 2 unspecified atom stereocenters. The number of benzene rings is 1. The Morgan fingerprint density at radius 2 is 2.00 bits per heavy atom. The van der Waals surface area contributed by atoms with Crippen molar-refractivity contribution in [3.8, 4) is 0 Å². The number of hydrogen-bond donors (Lipinski definition) is 1. The summed E-state index contributed by atoms with van der Waals surface area (Å²) in [6, 6.07) is 5.48. The van der Waals surface area contributed by atoms with Gasteiger partial charge in [-0.25, -0.2) is 0 Å². The van der Waals surface area contributed by atoms with Gasteiger partial charge in [0, 0.05) is 22.7 Å². The zero-order valence-electron chi connectivity index (χ0n) is 11.0. The monoisotopic (exact) mass is 289 g/mol. The Kier molecular flexibility index (Phi) is 7.02. The summed E-state index contributed by atoms with van der Waals surface area (Å²) in [7, 11) is 0. The zero-order chi connectivity index (χ0) is 13.5. The lowest BCUT2D eigenvalue weighted by Crippen LogP contribution is -2.38. The molecule has 0 saturated carbocycles. The SMILES string of the molecule is CCCC(OCC)C(N)Cc1ccc(Cl)cc1Cl. The van der Waals surface area contributed by atoms with E-state index in [1.54, 1.807) is 6.07 Å². The summed E-state index contributed by atoms with van der Waals surface area (Å²) in [5.41, 5.74) is 7.23. The lowest BCUT2D eigenvalue weighted by molar-refractivity contribution is 0.0378. The van der Waals surface area contributed by atoms with E-state index in [1.165, 1.54) is 0 Å². The molecule has 0 amide bonds. The van der Waals surface area contributed by atoms with Gasteiger partial charge in [-0.05, 0) is 37.5 Å². The molecule has 2 N–H and O–H groups in total. The van der Waals surface area contributed by atoms with Gasteiger partial charge in [-0.15, -0.1) is 0 Å². The number of halogens is 2. The fourth-order valence-electron chi connectivity index (χ4n) is 1.99. The Balaban J connectivity index is 2.69. The van der Waals surface area contributed by atoms with Crippen molar-refractivity contribution < 1.29 is 4.74 Å². The number of ether oxygens (including phenoxy) is 1. The highest BCUT2D eigenvalue weighted by Crippen LogP contribution is 2.23. The largest absolute Gasteiger partial charge is 0.377 e. The van der Waals surface area contributed by atoms with Crippen LogP contribution >= 0.6 is 23.2 Å². The predicted molar refractivity (Wildman–Crippen MR) is 78.5 cm³/mol. The minimum Gasteiger partial charge on any atom is -0.377 e. The van der Waals surface area contributed by atoms with Gasteiger partial charge in [-0.3, -0.25) is 0 Å². The Labute approximate surface area is 119 Å². The molecule has 0 aliphatic carbocycles. The van der Waals surface area contributed by atoms with Crippen LogP contribution in [0.1, 0.15) is 32.3 Å². The van der Waals surface area contributed by atoms with E-state index >= 15 is 0 Å². The highest BCUT2D eigenvalue weighted by atomic mass is 35.5. The van der Waals surface area contributed by atoms with E-state index in [4.69, 9.17) is 33.7 Å². The first-order valence-corrected chi connectivity index (χ1v) is 7.15. The molecule has 0 radical (unpaired) electrons. The normalized spacial score (nSPS) is 14.5. The third kappa shape index (κ3) is 4.77. The van der Waals surface area contributed by atoms with Gasteiger partial charge in [0.2, 0.25) is 0 Å². The maximum atomic E-state index is 6.21. The fraction of sp³-hybridized carbons (Fsp3) is 0.571. The molecule has 1 aromatic carbocycles. The molecule has 2 atom stereocenters. The third-order valence-corrected chi connectivity index (χ3v) is 3.49. The van der Waals surface area contributed by atoms with E-state index in [2.05, 4.69) is 6.92 Å². The highest BCUT2D eigenvalue weighted by Gasteiger charge is 2.18. The van der Waals surface area contributed by atoms with Crippen molar-refractivity contribution >= 4 is 23.2 Å². The number of hydrogen-bond acceptors (Lipinski definition) is 2. The summed E-state index contributed by atoms with van der Waals surface area (Å²) in [5.74, 6) is 0. The molecular formula is C14H21Cl2NO. The molecule has 2 nitrogen and oxygen atoms in total. The molecule has 1 rings (SSSR count). The second-order valence-electron chi connectivity index (χ2n) is 4.39. The van der Waals surface area contributed by atoms with Crippen LogP contribution in [0, 0.1) is 0 Å². The van der Waals surface area contributed by atoms with Crippen LogP contribution in [0.4, 0.5) is 0 Å². The molecule has 1 aromatic rings. The van der Waals surface area contributed by atoms with Crippen LogP contribution in [0.15, 0.2) is 18.2 Å². The van der Waals surface area contributed by atoms with Gasteiger partial charge in [0.25, 0.3) is 0 Å². The molecule has 4 heteroatoms. The predicted octanol–water partition coefficient (Wildman–Crippen LogP) is 4.07. The van der Waals surface area contributed by atoms with Gasteiger partial charge >= 0.3 is 0 Å². The lowest BCUT2D eigenvalue weighted by Gasteiger charge is -2.24. The quantitative estimate of drug-likeness (QED) is 0.821. The first kappa shape index (κ1) is 15.8. The van der Waals surface area contributed by atoms with Gasteiger partial charge in [-0.1, -0.05) is 42.6 Å². The summed E-state index contributed by atoms with van der Waals surface area (Å²) < 4.78 is 5.69. The Bertz CT molecular complexity index is 365. The molecule has 0 saturated heterocycles. The zero-order valence-corrected chi connectivity index (χ0v) is 12.5. The van der Waals surface area contributed by atoms with Crippen LogP contribution in [0.25, 0.3) is 0 Å². The summed E-state index contributed by atoms with van der Waals surface area (Å²) in [4.78, 5) is 0. The Morgan fingerprint density at radius 3 is 2.56 bits per heavy atom. The molecule has 0 fully saturated rings. The minimum atomic E-state index is -0.0384. The van der Waals surface area contributed by atoms with Crippen molar-refractivity contribution in [2.75, 3.05) is 6.61 Å². The molecule has 0 aliphatic heterocycles. The van der Waals surface area contributed by atoms with Crippen molar-refractivity contribution in [3.05, 3.63) is 33.8 Å². The van der Waals surface area contributed by atoms with E-state index in [0.717, 1.165) is 18.4 Å². The first-order valence-electron chi connectivity index (χ1n) is 6.39. The molecule has 102 valence electrons. The van der Waals surface area contributed by atoms with E-state index in [0.29, 0.717) is 23.1 Å². The molecule has 0 bridgehead atoms. The maximum Gasteiger partial charge on any atom is 0.0728 e. The molecule has 0 heterocycles. The van der Waals surface area contributed by atoms with Crippen molar-refractivity contribution in [1.82, 2.24) is 0 Å². The second kappa shape index (κ2) is 8.00. The molecule has 18 heavy (non-hydrogen) atoms. The van der Waals surface area contributed by atoms with Crippen LogP contribution in [0.3, 0.4) is 0 Å². The summed E-state index contributed by atoms with van der Waals surface area (Å²) >= 11 is 12.0. The van der Waals surface area contributed by atoms with Gasteiger partial charge < -0.3 is 10.5 Å². The van der Waals surface area contributed by atoms with Crippen LogP contribution < -0.4 is 5.73 Å². The summed E-state index contributed by atoms with van der Waals surface area (Å²) in [6.07, 6.45) is 2.83.